The molecule has 1 saturated carbocycles. The quantitative estimate of drug-likeness (QED) is 0.672. The van der Waals surface area contributed by atoms with Gasteiger partial charge in [-0.25, -0.2) is 17.5 Å². The number of rotatable bonds is 4. The molecule has 27 heavy (non-hydrogen) atoms. The van der Waals surface area contributed by atoms with Gasteiger partial charge in [0.25, 0.3) is 15.0 Å². The fourth-order valence-electron chi connectivity index (χ4n) is 3.16. The molecule has 1 aliphatic rings. The summed E-state index contributed by atoms with van der Waals surface area (Å²) in [6, 6.07) is 8.60. The van der Waals surface area contributed by atoms with Crippen LogP contribution in [-0.2, 0) is 9.05 Å². The fraction of sp³-hybridized carbons (Fsp3) is 0.222. The van der Waals surface area contributed by atoms with Gasteiger partial charge >= 0.3 is 0 Å². The van der Waals surface area contributed by atoms with Crippen LogP contribution in [0.4, 0.5) is 4.39 Å². The molecule has 140 valence electrons. The van der Waals surface area contributed by atoms with Crippen molar-refractivity contribution >= 4 is 36.5 Å². The third-order valence-corrected chi connectivity index (χ3v) is 5.97. The number of nitrogens with one attached hydrogen (secondary N) is 1. The van der Waals surface area contributed by atoms with Crippen molar-refractivity contribution in [2.24, 2.45) is 0 Å². The molecule has 0 spiro atoms. The average Bonchev–Trinajstić information content (AvgIpc) is 3.40. The van der Waals surface area contributed by atoms with Crippen molar-refractivity contribution in [1.82, 2.24) is 15.1 Å². The number of hydrogen-bond acceptors (Lipinski definition) is 4. The van der Waals surface area contributed by atoms with Crippen LogP contribution in [0, 0.1) is 5.82 Å². The van der Waals surface area contributed by atoms with Crippen molar-refractivity contribution < 1.29 is 17.6 Å². The van der Waals surface area contributed by atoms with Gasteiger partial charge in [0.1, 0.15) is 11.5 Å². The molecule has 1 N–H and O–H groups in total. The molecular weight excluding hydrogens is 393 g/mol. The maximum Gasteiger partial charge on any atom is 0.270 e. The topological polar surface area (TPSA) is 81.1 Å². The first kappa shape index (κ1) is 17.9. The molecule has 1 amide bonds. The van der Waals surface area contributed by atoms with Crippen LogP contribution < -0.4 is 5.32 Å². The number of hydrogen-bond donors (Lipinski definition) is 1. The van der Waals surface area contributed by atoms with Gasteiger partial charge in [0.15, 0.2) is 0 Å². The molecule has 0 saturated heterocycles. The Morgan fingerprint density at radius 3 is 2.48 bits per heavy atom. The van der Waals surface area contributed by atoms with Gasteiger partial charge in [-0.3, -0.25) is 4.79 Å². The fourth-order valence-corrected chi connectivity index (χ4v) is 4.32. The summed E-state index contributed by atoms with van der Waals surface area (Å²) in [5.41, 5.74) is 1.65. The Morgan fingerprint density at radius 1 is 1.26 bits per heavy atom. The zero-order chi connectivity index (χ0) is 19.3. The lowest BCUT2D eigenvalue weighted by Crippen LogP contribution is -2.21. The Balaban J connectivity index is 2.04. The summed E-state index contributed by atoms with van der Waals surface area (Å²) in [7, 11) is 3.16. The summed E-state index contributed by atoms with van der Waals surface area (Å²) in [6.45, 7) is 0. The lowest BCUT2D eigenvalue weighted by Gasteiger charge is -2.08. The standard InChI is InChI=1S/C18H15ClFN3O3S/c1-21-18(24)17-14-8-13(10-2-3-10)16(27(19,25)26)9-15(14)22-23(17)12-6-4-11(20)5-7-12/h4-10H,2-3H2,1H3,(H,21,24). The van der Waals surface area contributed by atoms with E-state index >= 15 is 0 Å². The predicted molar refractivity (Wildman–Crippen MR) is 99.4 cm³/mol. The van der Waals surface area contributed by atoms with E-state index in [1.165, 1.54) is 42.1 Å². The molecular formula is C18H15ClFN3O3S. The highest BCUT2D eigenvalue weighted by atomic mass is 35.7. The molecule has 1 fully saturated rings. The number of fused-ring (bicyclic) bond motifs is 1. The Hall–Kier alpha value is -2.45. The van der Waals surface area contributed by atoms with E-state index in [1.807, 2.05) is 0 Å². The number of benzene rings is 2. The molecule has 9 heteroatoms. The number of amides is 1. The van der Waals surface area contributed by atoms with Crippen molar-refractivity contribution in [3.05, 3.63) is 53.5 Å². The SMILES string of the molecule is CNC(=O)c1c2cc(C3CC3)c(S(=O)(=O)Cl)cc2nn1-c1ccc(F)cc1. The molecule has 0 bridgehead atoms. The van der Waals surface area contributed by atoms with E-state index in [9.17, 15) is 17.6 Å². The largest absolute Gasteiger partial charge is 0.354 e. The molecule has 0 radical (unpaired) electrons. The number of aromatic nitrogens is 2. The Morgan fingerprint density at radius 2 is 1.93 bits per heavy atom. The highest BCUT2D eigenvalue weighted by Gasteiger charge is 2.32. The van der Waals surface area contributed by atoms with Crippen LogP contribution in [0.2, 0.25) is 0 Å². The third-order valence-electron chi connectivity index (χ3n) is 4.60. The van der Waals surface area contributed by atoms with E-state index in [2.05, 4.69) is 10.4 Å². The maximum absolute atomic E-state index is 13.3. The van der Waals surface area contributed by atoms with E-state index in [4.69, 9.17) is 10.7 Å². The maximum atomic E-state index is 13.3. The molecule has 1 aliphatic carbocycles. The second kappa shape index (κ2) is 6.31. The van der Waals surface area contributed by atoms with Gasteiger partial charge in [-0.1, -0.05) is 0 Å². The van der Waals surface area contributed by atoms with Crippen molar-refractivity contribution in [3.8, 4) is 5.69 Å². The molecule has 4 rings (SSSR count). The molecule has 2 aromatic carbocycles. The zero-order valence-corrected chi connectivity index (χ0v) is 15.8. The summed E-state index contributed by atoms with van der Waals surface area (Å²) in [4.78, 5) is 12.6. The highest BCUT2D eigenvalue weighted by molar-refractivity contribution is 8.13. The first-order valence-corrected chi connectivity index (χ1v) is 10.6. The van der Waals surface area contributed by atoms with Gasteiger partial charge in [-0.05, 0) is 60.7 Å². The van der Waals surface area contributed by atoms with Crippen LogP contribution >= 0.6 is 10.7 Å². The second-order valence-electron chi connectivity index (χ2n) is 6.44. The number of nitrogens with zero attached hydrogens (tertiary/aromatic N) is 2. The van der Waals surface area contributed by atoms with Crippen molar-refractivity contribution in [2.75, 3.05) is 7.05 Å². The monoisotopic (exact) mass is 407 g/mol. The van der Waals surface area contributed by atoms with Gasteiger partial charge in [-0.2, -0.15) is 5.10 Å². The van der Waals surface area contributed by atoms with E-state index in [-0.39, 0.29) is 22.4 Å². The minimum Gasteiger partial charge on any atom is -0.354 e. The van der Waals surface area contributed by atoms with Crippen molar-refractivity contribution in [2.45, 2.75) is 23.7 Å². The summed E-state index contributed by atoms with van der Waals surface area (Å²) in [5.74, 6) is -0.696. The van der Waals surface area contributed by atoms with Gasteiger partial charge in [0.2, 0.25) is 0 Å². The molecule has 0 aliphatic heterocycles. The van der Waals surface area contributed by atoms with Gasteiger partial charge in [0, 0.05) is 23.1 Å². The minimum absolute atomic E-state index is 0.0198. The van der Waals surface area contributed by atoms with Crippen molar-refractivity contribution in [3.63, 3.8) is 0 Å². The lowest BCUT2D eigenvalue weighted by molar-refractivity contribution is 0.0957. The number of carbonyl (C=O) groups is 1. The van der Waals surface area contributed by atoms with Crippen LogP contribution in [0.15, 0.2) is 41.3 Å². The Kier molecular flexibility index (Phi) is 4.20. The van der Waals surface area contributed by atoms with E-state index < -0.39 is 14.9 Å². The van der Waals surface area contributed by atoms with Crippen LogP contribution in [0.5, 0.6) is 0 Å². The molecule has 6 nitrogen and oxygen atoms in total. The zero-order valence-electron chi connectivity index (χ0n) is 14.2. The Labute approximate surface area is 159 Å². The first-order valence-electron chi connectivity index (χ1n) is 8.29. The Bertz CT molecular complexity index is 1170. The number of halogens is 2. The molecule has 0 atom stereocenters. The van der Waals surface area contributed by atoms with E-state index in [0.29, 0.717) is 22.2 Å². The van der Waals surface area contributed by atoms with E-state index in [0.717, 1.165) is 12.8 Å². The van der Waals surface area contributed by atoms with Gasteiger partial charge < -0.3 is 5.32 Å². The minimum atomic E-state index is -3.96. The normalized spacial score (nSPS) is 14.5. The van der Waals surface area contributed by atoms with Crippen molar-refractivity contribution in [1.29, 1.82) is 0 Å². The second-order valence-corrected chi connectivity index (χ2v) is 8.97. The van der Waals surface area contributed by atoms with Gasteiger partial charge in [-0.15, -0.1) is 0 Å². The third kappa shape index (κ3) is 3.19. The highest BCUT2D eigenvalue weighted by Crippen LogP contribution is 2.45. The van der Waals surface area contributed by atoms with Crippen LogP contribution in [-0.4, -0.2) is 31.2 Å². The van der Waals surface area contributed by atoms with E-state index in [1.54, 1.807) is 6.07 Å². The lowest BCUT2D eigenvalue weighted by atomic mass is 10.1. The molecule has 0 unspecified atom stereocenters. The van der Waals surface area contributed by atoms with Crippen LogP contribution in [0.1, 0.15) is 34.8 Å². The molecule has 1 aromatic heterocycles. The smallest absolute Gasteiger partial charge is 0.270 e. The van der Waals surface area contributed by atoms with Gasteiger partial charge in [0.05, 0.1) is 16.1 Å². The predicted octanol–water partition coefficient (Wildman–Crippen LogP) is 3.33. The van der Waals surface area contributed by atoms with Crippen LogP contribution in [0.3, 0.4) is 0 Å². The first-order chi connectivity index (χ1) is 12.8. The van der Waals surface area contributed by atoms with Crippen LogP contribution in [0.25, 0.3) is 16.6 Å². The summed E-state index contributed by atoms with van der Waals surface area (Å²) in [6.07, 6.45) is 1.73. The number of carbonyl (C=O) groups excluding carboxylic acids is 1. The molecule has 1 heterocycles. The summed E-state index contributed by atoms with van der Waals surface area (Å²) in [5, 5.41) is 7.48. The average molecular weight is 408 g/mol. The summed E-state index contributed by atoms with van der Waals surface area (Å²) < 4.78 is 38.7. The molecule has 3 aromatic rings. The summed E-state index contributed by atoms with van der Waals surface area (Å²) >= 11 is 0.